The fraction of sp³-hybridized carbons (Fsp3) is 0.562. The second-order valence-corrected chi connectivity index (χ2v) is 7.02. The summed E-state index contributed by atoms with van der Waals surface area (Å²) in [6, 6.07) is 0. The molecule has 2 aromatic rings. The highest BCUT2D eigenvalue weighted by Crippen LogP contribution is 2.23. The Labute approximate surface area is 140 Å². The molecule has 0 aliphatic rings. The Bertz CT molecular complexity index is 636. The molecule has 6 nitrogen and oxygen atoms in total. The van der Waals surface area contributed by atoms with Gasteiger partial charge in [-0.25, -0.2) is 4.98 Å². The van der Waals surface area contributed by atoms with Crippen LogP contribution in [-0.2, 0) is 7.05 Å². The number of carbonyl (C=O) groups excluding carboxylic acids is 1. The van der Waals surface area contributed by atoms with Gasteiger partial charge in [-0.3, -0.25) is 9.48 Å². The number of hydrogen-bond donors (Lipinski definition) is 2. The minimum atomic E-state index is -0.164. The molecule has 23 heavy (non-hydrogen) atoms. The van der Waals surface area contributed by atoms with E-state index in [1.54, 1.807) is 16.3 Å². The molecule has 0 aromatic carbocycles. The lowest BCUT2D eigenvalue weighted by Crippen LogP contribution is -2.30. The smallest absolute Gasteiger partial charge is 0.270 e. The second kappa shape index (κ2) is 8.21. The van der Waals surface area contributed by atoms with Gasteiger partial charge in [-0.2, -0.15) is 5.10 Å². The Hall–Kier alpha value is -1.73. The predicted octanol–water partition coefficient (Wildman–Crippen LogP) is 2.32. The van der Waals surface area contributed by atoms with E-state index in [0.717, 1.165) is 17.0 Å². The van der Waals surface area contributed by atoms with Crippen molar-refractivity contribution < 1.29 is 9.90 Å². The van der Waals surface area contributed by atoms with Gasteiger partial charge in [0.05, 0.1) is 6.20 Å². The van der Waals surface area contributed by atoms with Gasteiger partial charge < -0.3 is 10.4 Å². The predicted molar refractivity (Wildman–Crippen MR) is 91.3 cm³/mol. The number of hydrogen-bond acceptors (Lipinski definition) is 5. The number of aromatic nitrogens is 3. The van der Waals surface area contributed by atoms with Crippen LogP contribution in [0.25, 0.3) is 10.6 Å². The number of aliphatic hydroxyl groups is 1. The van der Waals surface area contributed by atoms with Crippen molar-refractivity contribution >= 4 is 17.2 Å². The average molecular weight is 336 g/mol. The van der Waals surface area contributed by atoms with Gasteiger partial charge in [0.1, 0.15) is 10.7 Å². The lowest BCUT2D eigenvalue weighted by molar-refractivity contribution is 0.0937. The molecule has 0 saturated carbocycles. The zero-order valence-corrected chi connectivity index (χ0v) is 14.6. The Balaban J connectivity index is 1.94. The summed E-state index contributed by atoms with van der Waals surface area (Å²) in [5, 5.41) is 18.7. The van der Waals surface area contributed by atoms with Crippen LogP contribution in [0, 0.1) is 11.8 Å². The van der Waals surface area contributed by atoms with Crippen LogP contribution in [0.1, 0.15) is 37.2 Å². The van der Waals surface area contributed by atoms with Crippen molar-refractivity contribution in [2.75, 3.05) is 13.2 Å². The fourth-order valence-electron chi connectivity index (χ4n) is 2.52. The summed E-state index contributed by atoms with van der Waals surface area (Å²) < 4.78 is 1.71. The molecule has 7 heteroatoms. The highest BCUT2D eigenvalue weighted by Gasteiger charge is 2.16. The third kappa shape index (κ3) is 5.14. The van der Waals surface area contributed by atoms with Crippen molar-refractivity contribution in [1.82, 2.24) is 20.1 Å². The molecule has 0 spiro atoms. The second-order valence-electron chi connectivity index (χ2n) is 6.16. The molecule has 0 aliphatic carbocycles. The number of nitrogens with zero attached hydrogens (tertiary/aromatic N) is 3. The van der Waals surface area contributed by atoms with E-state index >= 15 is 0 Å². The molecule has 0 saturated heterocycles. The molecule has 2 heterocycles. The van der Waals surface area contributed by atoms with E-state index in [1.165, 1.54) is 11.3 Å². The third-order valence-corrected chi connectivity index (χ3v) is 4.47. The molecule has 0 aliphatic heterocycles. The van der Waals surface area contributed by atoms with Gasteiger partial charge in [-0.15, -0.1) is 11.3 Å². The molecular formula is C16H24N4O2S. The highest BCUT2D eigenvalue weighted by atomic mass is 32.1. The number of nitrogens with one attached hydrogen (secondary N) is 1. The van der Waals surface area contributed by atoms with Crippen LogP contribution in [0.3, 0.4) is 0 Å². The van der Waals surface area contributed by atoms with E-state index in [2.05, 4.69) is 29.2 Å². The van der Waals surface area contributed by atoms with Gasteiger partial charge in [-0.1, -0.05) is 13.8 Å². The number of aryl methyl sites for hydroxylation is 1. The average Bonchev–Trinajstić information content (AvgIpc) is 3.12. The van der Waals surface area contributed by atoms with Gasteiger partial charge in [0.2, 0.25) is 0 Å². The number of carbonyl (C=O) groups is 1. The van der Waals surface area contributed by atoms with Gasteiger partial charge in [-0.05, 0) is 24.7 Å². The summed E-state index contributed by atoms with van der Waals surface area (Å²) in [7, 11) is 1.85. The van der Waals surface area contributed by atoms with Crippen LogP contribution in [0.5, 0.6) is 0 Å². The van der Waals surface area contributed by atoms with Crippen LogP contribution in [0.4, 0.5) is 0 Å². The maximum atomic E-state index is 12.2. The van der Waals surface area contributed by atoms with E-state index in [1.807, 2.05) is 13.2 Å². The van der Waals surface area contributed by atoms with E-state index in [-0.39, 0.29) is 12.5 Å². The van der Waals surface area contributed by atoms with E-state index in [9.17, 15) is 4.79 Å². The quantitative estimate of drug-likeness (QED) is 0.775. The zero-order chi connectivity index (χ0) is 16.8. The molecule has 2 N–H and O–H groups in total. The minimum absolute atomic E-state index is 0.148. The Kier molecular flexibility index (Phi) is 6.29. The Morgan fingerprint density at radius 3 is 2.87 bits per heavy atom. The van der Waals surface area contributed by atoms with Crippen molar-refractivity contribution in [1.29, 1.82) is 0 Å². The number of rotatable bonds is 8. The molecule has 0 radical (unpaired) electrons. The first-order chi connectivity index (χ1) is 11.0. The normalized spacial score (nSPS) is 12.6. The number of thiazole rings is 1. The lowest BCUT2D eigenvalue weighted by atomic mass is 9.94. The molecule has 1 unspecified atom stereocenters. The number of amides is 1. The number of aliphatic hydroxyl groups excluding tert-OH is 1. The minimum Gasteiger partial charge on any atom is -0.396 e. The van der Waals surface area contributed by atoms with Gasteiger partial charge >= 0.3 is 0 Å². The molecule has 1 amide bonds. The third-order valence-electron chi connectivity index (χ3n) is 3.58. The summed E-state index contributed by atoms with van der Waals surface area (Å²) in [5.74, 6) is 0.670. The molecular weight excluding hydrogens is 312 g/mol. The van der Waals surface area contributed by atoms with Crippen molar-refractivity contribution in [3.63, 3.8) is 0 Å². The van der Waals surface area contributed by atoms with Crippen LogP contribution in [0.15, 0.2) is 17.8 Å². The first-order valence-electron chi connectivity index (χ1n) is 7.83. The van der Waals surface area contributed by atoms with Crippen molar-refractivity contribution in [3.05, 3.63) is 23.5 Å². The van der Waals surface area contributed by atoms with Crippen LogP contribution in [-0.4, -0.2) is 38.9 Å². The van der Waals surface area contributed by atoms with E-state index in [4.69, 9.17) is 5.11 Å². The lowest BCUT2D eigenvalue weighted by Gasteiger charge is -2.18. The summed E-state index contributed by atoms with van der Waals surface area (Å²) >= 11 is 1.43. The van der Waals surface area contributed by atoms with Crippen molar-refractivity contribution in [2.45, 2.75) is 26.7 Å². The van der Waals surface area contributed by atoms with Gasteiger partial charge in [0.15, 0.2) is 0 Å². The van der Waals surface area contributed by atoms with Crippen molar-refractivity contribution in [2.24, 2.45) is 18.9 Å². The maximum Gasteiger partial charge on any atom is 0.270 e. The van der Waals surface area contributed by atoms with Crippen LogP contribution < -0.4 is 5.32 Å². The topological polar surface area (TPSA) is 80.0 Å². The molecule has 0 bridgehead atoms. The van der Waals surface area contributed by atoms with Crippen LogP contribution >= 0.6 is 11.3 Å². The molecule has 126 valence electrons. The Morgan fingerprint density at radius 1 is 1.48 bits per heavy atom. The molecule has 2 aromatic heterocycles. The van der Waals surface area contributed by atoms with Gasteiger partial charge in [0.25, 0.3) is 5.91 Å². The molecule has 2 rings (SSSR count). The summed E-state index contributed by atoms with van der Waals surface area (Å²) in [4.78, 5) is 16.6. The highest BCUT2D eigenvalue weighted by molar-refractivity contribution is 7.13. The first kappa shape index (κ1) is 17.6. The Morgan fingerprint density at radius 2 is 2.26 bits per heavy atom. The summed E-state index contributed by atoms with van der Waals surface area (Å²) in [6.45, 7) is 5.01. The largest absolute Gasteiger partial charge is 0.396 e. The van der Waals surface area contributed by atoms with E-state index < -0.39 is 0 Å². The monoisotopic (exact) mass is 336 g/mol. The summed E-state index contributed by atoms with van der Waals surface area (Å²) in [6.07, 6.45) is 5.30. The molecule has 0 fully saturated rings. The van der Waals surface area contributed by atoms with Crippen LogP contribution in [0.2, 0.25) is 0 Å². The maximum absolute atomic E-state index is 12.2. The first-order valence-corrected chi connectivity index (χ1v) is 8.71. The fourth-order valence-corrected chi connectivity index (χ4v) is 3.30. The SMILES string of the molecule is CC(C)CC(CCO)CNC(=O)c1csc(-c2cnn(C)c2)n1. The van der Waals surface area contributed by atoms with Gasteiger partial charge in [0, 0.05) is 37.3 Å². The van der Waals surface area contributed by atoms with E-state index in [0.29, 0.717) is 30.5 Å². The summed E-state index contributed by atoms with van der Waals surface area (Å²) in [5.41, 5.74) is 1.34. The standard InChI is InChI=1S/C16H24N4O2S/c1-11(2)6-12(4-5-21)7-17-15(22)14-10-23-16(19-14)13-8-18-20(3)9-13/h8-12,21H,4-7H2,1-3H3,(H,17,22). The molecule has 1 atom stereocenters. The van der Waals surface area contributed by atoms with Crippen molar-refractivity contribution in [3.8, 4) is 10.6 Å². The zero-order valence-electron chi connectivity index (χ0n) is 13.8.